The van der Waals surface area contributed by atoms with Gasteiger partial charge in [-0.1, -0.05) is 0 Å². The predicted molar refractivity (Wildman–Crippen MR) is 79.2 cm³/mol. The zero-order valence-electron chi connectivity index (χ0n) is 12.2. The van der Waals surface area contributed by atoms with Crippen LogP contribution in [0.2, 0.25) is 0 Å². The number of benzene rings is 1. The van der Waals surface area contributed by atoms with Gasteiger partial charge in [0.05, 0.1) is 6.61 Å². The highest BCUT2D eigenvalue weighted by atomic mass is 19.1. The molecule has 5 nitrogen and oxygen atoms in total. The van der Waals surface area contributed by atoms with Crippen LogP contribution in [0.1, 0.15) is 12.7 Å². The van der Waals surface area contributed by atoms with Gasteiger partial charge in [-0.3, -0.25) is 4.79 Å². The number of carbonyl (C=O) groups excluding carboxylic acids is 1. The van der Waals surface area contributed by atoms with Crippen LogP contribution in [-0.2, 0) is 9.53 Å². The second kappa shape index (κ2) is 6.87. The highest BCUT2D eigenvalue weighted by Gasteiger charge is 2.13. The Hall–Kier alpha value is -2.65. The van der Waals surface area contributed by atoms with Gasteiger partial charge in [0.1, 0.15) is 28.8 Å². The van der Waals surface area contributed by atoms with Crippen molar-refractivity contribution >= 4 is 23.0 Å². The molecule has 0 radical (unpaired) electrons. The summed E-state index contributed by atoms with van der Waals surface area (Å²) in [5.41, 5.74) is 0.389. The molecule has 1 aromatic heterocycles. The topological polar surface area (TPSA) is 75.3 Å². The van der Waals surface area contributed by atoms with Crippen molar-refractivity contribution in [3.63, 3.8) is 0 Å². The van der Waals surface area contributed by atoms with Crippen LogP contribution in [0.5, 0.6) is 0 Å². The highest BCUT2D eigenvalue weighted by molar-refractivity contribution is 6.01. The molecule has 0 aliphatic heterocycles. The average Bonchev–Trinajstić information content (AvgIpc) is 2.86. The van der Waals surface area contributed by atoms with E-state index in [9.17, 15) is 9.18 Å². The fourth-order valence-corrected chi connectivity index (χ4v) is 1.99. The van der Waals surface area contributed by atoms with Crippen molar-refractivity contribution < 1.29 is 18.3 Å². The number of amides is 1. The molecule has 0 spiro atoms. The van der Waals surface area contributed by atoms with Gasteiger partial charge in [0.25, 0.3) is 5.91 Å². The second-order valence-electron chi connectivity index (χ2n) is 4.83. The minimum atomic E-state index is -0.515. The Morgan fingerprint density at radius 3 is 3.00 bits per heavy atom. The van der Waals surface area contributed by atoms with Gasteiger partial charge in [0.15, 0.2) is 0 Å². The van der Waals surface area contributed by atoms with E-state index >= 15 is 0 Å². The van der Waals surface area contributed by atoms with Gasteiger partial charge >= 0.3 is 0 Å². The first-order chi connectivity index (χ1) is 10.5. The Morgan fingerprint density at radius 2 is 2.32 bits per heavy atom. The number of nitrogens with one attached hydrogen (secondary N) is 1. The molecule has 6 heteroatoms. The van der Waals surface area contributed by atoms with Gasteiger partial charge in [0, 0.05) is 24.6 Å². The first kappa shape index (κ1) is 15.7. The first-order valence-corrected chi connectivity index (χ1v) is 6.64. The lowest BCUT2D eigenvalue weighted by Gasteiger charge is -2.11. The van der Waals surface area contributed by atoms with E-state index in [0.29, 0.717) is 23.3 Å². The van der Waals surface area contributed by atoms with E-state index in [-0.39, 0.29) is 17.4 Å². The van der Waals surface area contributed by atoms with Crippen LogP contribution in [-0.4, -0.2) is 25.7 Å². The van der Waals surface area contributed by atoms with E-state index in [2.05, 4.69) is 5.32 Å². The maximum absolute atomic E-state index is 13.1. The van der Waals surface area contributed by atoms with Gasteiger partial charge in [-0.2, -0.15) is 5.26 Å². The van der Waals surface area contributed by atoms with Crippen LogP contribution in [0.4, 0.5) is 4.39 Å². The lowest BCUT2D eigenvalue weighted by atomic mass is 10.2. The minimum absolute atomic E-state index is 0.0949. The van der Waals surface area contributed by atoms with E-state index in [1.54, 1.807) is 13.0 Å². The lowest BCUT2D eigenvalue weighted by Crippen LogP contribution is -2.36. The molecule has 1 aromatic carbocycles. The number of carbonyl (C=O) groups is 1. The number of halogens is 1. The molecule has 0 saturated heterocycles. The molecule has 114 valence electrons. The summed E-state index contributed by atoms with van der Waals surface area (Å²) >= 11 is 0. The SMILES string of the molecule is COC[C@@H](C)NC(=O)/C(C#N)=C\c1cc2cc(F)ccc2o1. The van der Waals surface area contributed by atoms with Crippen LogP contribution in [0, 0.1) is 17.1 Å². The molecule has 0 aliphatic rings. The van der Waals surface area contributed by atoms with Gasteiger partial charge in [-0.15, -0.1) is 0 Å². The third kappa shape index (κ3) is 3.71. The molecule has 2 aromatic rings. The van der Waals surface area contributed by atoms with Crippen molar-refractivity contribution in [1.82, 2.24) is 5.32 Å². The molecular formula is C16H15FN2O3. The summed E-state index contributed by atoms with van der Waals surface area (Å²) in [5, 5.41) is 12.3. The summed E-state index contributed by atoms with van der Waals surface area (Å²) in [4.78, 5) is 12.0. The lowest BCUT2D eigenvalue weighted by molar-refractivity contribution is -0.117. The smallest absolute Gasteiger partial charge is 0.262 e. The largest absolute Gasteiger partial charge is 0.457 e. The third-order valence-electron chi connectivity index (χ3n) is 2.94. The monoisotopic (exact) mass is 302 g/mol. The number of hydrogen-bond acceptors (Lipinski definition) is 4. The maximum Gasteiger partial charge on any atom is 0.262 e. The maximum atomic E-state index is 13.1. The zero-order valence-corrected chi connectivity index (χ0v) is 12.2. The molecule has 1 amide bonds. The van der Waals surface area contributed by atoms with Crippen LogP contribution in [0.25, 0.3) is 17.0 Å². The van der Waals surface area contributed by atoms with E-state index in [0.717, 1.165) is 0 Å². The average molecular weight is 302 g/mol. The van der Waals surface area contributed by atoms with Crippen molar-refractivity contribution in [3.8, 4) is 6.07 Å². The van der Waals surface area contributed by atoms with Crippen molar-refractivity contribution in [1.29, 1.82) is 5.26 Å². The van der Waals surface area contributed by atoms with Gasteiger partial charge in [-0.25, -0.2) is 4.39 Å². The predicted octanol–water partition coefficient (Wildman–Crippen LogP) is 2.63. The molecule has 0 bridgehead atoms. The Kier molecular flexibility index (Phi) is 4.92. The number of furan rings is 1. The van der Waals surface area contributed by atoms with Crippen LogP contribution < -0.4 is 5.32 Å². The van der Waals surface area contributed by atoms with Crippen LogP contribution in [0.3, 0.4) is 0 Å². The Bertz CT molecular complexity index is 758. The fourth-order valence-electron chi connectivity index (χ4n) is 1.99. The fraction of sp³-hybridized carbons (Fsp3) is 0.250. The van der Waals surface area contributed by atoms with Crippen molar-refractivity contribution in [2.45, 2.75) is 13.0 Å². The molecule has 1 heterocycles. The molecular weight excluding hydrogens is 287 g/mol. The van der Waals surface area contributed by atoms with Crippen LogP contribution in [0.15, 0.2) is 34.3 Å². The van der Waals surface area contributed by atoms with E-state index in [1.807, 2.05) is 6.07 Å². The summed E-state index contributed by atoms with van der Waals surface area (Å²) in [6.45, 7) is 2.11. The van der Waals surface area contributed by atoms with E-state index in [4.69, 9.17) is 14.4 Å². The van der Waals surface area contributed by atoms with E-state index < -0.39 is 5.91 Å². The molecule has 22 heavy (non-hydrogen) atoms. The van der Waals surface area contributed by atoms with Crippen molar-refractivity contribution in [2.75, 3.05) is 13.7 Å². The molecule has 1 N–H and O–H groups in total. The quantitative estimate of drug-likeness (QED) is 0.680. The molecule has 0 unspecified atom stereocenters. The number of methoxy groups -OCH3 is 1. The zero-order chi connectivity index (χ0) is 16.1. The summed E-state index contributed by atoms with van der Waals surface area (Å²) in [6, 6.07) is 7.27. The number of ether oxygens (including phenoxy) is 1. The van der Waals surface area contributed by atoms with Crippen molar-refractivity contribution in [2.24, 2.45) is 0 Å². The van der Waals surface area contributed by atoms with Gasteiger partial charge in [0.2, 0.25) is 0 Å². The number of hydrogen-bond donors (Lipinski definition) is 1. The number of nitrogens with zero attached hydrogens (tertiary/aromatic N) is 1. The Labute approximate surface area is 127 Å². The molecule has 1 atom stereocenters. The Balaban J connectivity index is 2.23. The Morgan fingerprint density at radius 1 is 1.55 bits per heavy atom. The highest BCUT2D eigenvalue weighted by Crippen LogP contribution is 2.22. The van der Waals surface area contributed by atoms with Gasteiger partial charge in [-0.05, 0) is 31.2 Å². The summed E-state index contributed by atoms with van der Waals surface area (Å²) in [6.07, 6.45) is 1.33. The van der Waals surface area contributed by atoms with Gasteiger partial charge < -0.3 is 14.5 Å². The number of nitriles is 1. The summed E-state index contributed by atoms with van der Waals surface area (Å²) < 4.78 is 23.5. The first-order valence-electron chi connectivity index (χ1n) is 6.64. The molecule has 0 saturated carbocycles. The van der Waals surface area contributed by atoms with E-state index in [1.165, 1.54) is 31.4 Å². The molecule has 0 fully saturated rings. The molecule has 2 rings (SSSR count). The summed E-state index contributed by atoms with van der Waals surface area (Å²) in [7, 11) is 1.53. The number of fused-ring (bicyclic) bond motifs is 1. The molecule has 0 aliphatic carbocycles. The third-order valence-corrected chi connectivity index (χ3v) is 2.94. The summed E-state index contributed by atoms with van der Waals surface area (Å²) in [5.74, 6) is -0.583. The van der Waals surface area contributed by atoms with Crippen molar-refractivity contribution in [3.05, 3.63) is 41.4 Å². The minimum Gasteiger partial charge on any atom is -0.457 e. The normalized spacial score (nSPS) is 12.9. The standard InChI is InChI=1S/C16H15FN2O3/c1-10(9-21-2)19-16(20)12(8-18)7-14-6-11-5-13(17)3-4-15(11)22-14/h3-7,10H,9H2,1-2H3,(H,19,20)/b12-7-/t10-/m1/s1. The van der Waals surface area contributed by atoms with Crippen LogP contribution >= 0.6 is 0 Å². The number of rotatable bonds is 5. The second-order valence-corrected chi connectivity index (χ2v) is 4.83.